The van der Waals surface area contributed by atoms with Gasteiger partial charge in [-0.3, -0.25) is 9.97 Å². The molecule has 0 aliphatic heterocycles. The Morgan fingerprint density at radius 1 is 1.08 bits per heavy atom. The number of halogens is 4. The molecule has 0 bridgehead atoms. The highest BCUT2D eigenvalue weighted by molar-refractivity contribution is 6.33. The Balaban J connectivity index is 2.11. The van der Waals surface area contributed by atoms with E-state index < -0.39 is 19.1 Å². The number of alkyl halides is 3. The molecule has 136 valence electrons. The van der Waals surface area contributed by atoms with Crippen LogP contribution in [0.5, 0.6) is 5.75 Å². The first-order valence-corrected chi connectivity index (χ1v) is 7.76. The fourth-order valence-electron chi connectivity index (χ4n) is 2.58. The van der Waals surface area contributed by atoms with Crippen LogP contribution in [0.25, 0.3) is 22.2 Å². The molecule has 2 aromatic carbocycles. The highest BCUT2D eigenvalue weighted by Gasteiger charge is 2.31. The summed E-state index contributed by atoms with van der Waals surface area (Å²) >= 11 is 6.24. The summed E-state index contributed by atoms with van der Waals surface area (Å²) in [5.74, 6) is -0.352. The van der Waals surface area contributed by atoms with Crippen molar-refractivity contribution in [1.82, 2.24) is 9.97 Å². The van der Waals surface area contributed by atoms with Gasteiger partial charge in [-0.2, -0.15) is 0 Å². The number of hydrogen-bond donors (Lipinski definition) is 2. The van der Waals surface area contributed by atoms with Crippen LogP contribution in [0.2, 0.25) is 5.02 Å². The van der Waals surface area contributed by atoms with E-state index in [2.05, 4.69) is 14.7 Å². The Kier molecular flexibility index (Phi) is 4.99. The van der Waals surface area contributed by atoms with E-state index in [4.69, 9.17) is 11.6 Å². The molecule has 2 N–H and O–H groups in total. The van der Waals surface area contributed by atoms with Gasteiger partial charge in [-0.05, 0) is 23.8 Å². The van der Waals surface area contributed by atoms with Crippen LogP contribution in [-0.2, 0) is 0 Å². The van der Waals surface area contributed by atoms with Crippen LogP contribution in [0, 0.1) is 0 Å². The van der Waals surface area contributed by atoms with Crippen LogP contribution >= 0.6 is 11.6 Å². The van der Waals surface area contributed by atoms with Crippen molar-refractivity contribution in [3.63, 3.8) is 0 Å². The molecule has 0 spiro atoms. The Labute approximate surface area is 150 Å². The van der Waals surface area contributed by atoms with E-state index in [1.807, 2.05) is 0 Å². The van der Waals surface area contributed by atoms with Crippen LogP contribution in [0.3, 0.4) is 0 Å². The van der Waals surface area contributed by atoms with Gasteiger partial charge in [-0.1, -0.05) is 23.7 Å². The third-order valence-corrected chi connectivity index (χ3v) is 3.95. The monoisotopic (exact) mass is 384 g/mol. The topological polar surface area (TPSA) is 75.5 Å². The molecule has 0 saturated heterocycles. The predicted molar refractivity (Wildman–Crippen MR) is 88.7 cm³/mol. The van der Waals surface area contributed by atoms with Gasteiger partial charge in [-0.25, -0.2) is 0 Å². The Morgan fingerprint density at radius 2 is 1.69 bits per heavy atom. The molecule has 1 unspecified atom stereocenters. The number of fused-ring (bicyclic) bond motifs is 1. The van der Waals surface area contributed by atoms with Gasteiger partial charge < -0.3 is 14.9 Å². The number of aromatic nitrogens is 2. The zero-order valence-corrected chi connectivity index (χ0v) is 13.8. The summed E-state index contributed by atoms with van der Waals surface area (Å²) in [5.41, 5.74) is 1.98. The molecule has 9 heteroatoms. The summed E-state index contributed by atoms with van der Waals surface area (Å²) in [6.07, 6.45) is -3.16. The second-order valence-electron chi connectivity index (χ2n) is 5.34. The fraction of sp³-hybridized carbons (Fsp3) is 0.176. The maximum absolute atomic E-state index is 12.3. The normalized spacial score (nSPS) is 13.0. The average molecular weight is 385 g/mol. The smallest absolute Gasteiger partial charge is 0.406 e. The van der Waals surface area contributed by atoms with Crippen LogP contribution in [0.4, 0.5) is 13.2 Å². The molecule has 0 saturated carbocycles. The minimum atomic E-state index is -4.77. The number of hydrogen-bond acceptors (Lipinski definition) is 5. The molecule has 3 aromatic rings. The Hall–Kier alpha value is -2.42. The first-order valence-electron chi connectivity index (χ1n) is 7.38. The van der Waals surface area contributed by atoms with Crippen molar-refractivity contribution in [2.24, 2.45) is 0 Å². The van der Waals surface area contributed by atoms with Crippen molar-refractivity contribution >= 4 is 22.6 Å². The van der Waals surface area contributed by atoms with Crippen molar-refractivity contribution in [1.29, 1.82) is 0 Å². The van der Waals surface area contributed by atoms with E-state index in [1.165, 1.54) is 42.7 Å². The number of ether oxygens (including phenoxy) is 1. The lowest BCUT2D eigenvalue weighted by molar-refractivity contribution is -0.274. The van der Waals surface area contributed by atoms with Crippen molar-refractivity contribution < 1.29 is 28.1 Å². The predicted octanol–water partition coefficient (Wildman–Crippen LogP) is 3.87. The third-order valence-electron chi connectivity index (χ3n) is 3.64. The molecule has 0 fully saturated rings. The molecule has 1 atom stereocenters. The molecule has 3 rings (SSSR count). The first-order chi connectivity index (χ1) is 12.3. The molecule has 1 heterocycles. The molecule has 5 nitrogen and oxygen atoms in total. The highest BCUT2D eigenvalue weighted by Crippen LogP contribution is 2.37. The Bertz CT molecular complexity index is 933. The summed E-state index contributed by atoms with van der Waals surface area (Å²) in [4.78, 5) is 8.40. The van der Waals surface area contributed by atoms with Crippen molar-refractivity contribution in [2.75, 3.05) is 6.61 Å². The van der Waals surface area contributed by atoms with Crippen LogP contribution < -0.4 is 4.74 Å². The quantitative estimate of drug-likeness (QED) is 0.714. The minimum absolute atomic E-state index is 0.158. The molecular weight excluding hydrogens is 373 g/mol. The zero-order chi connectivity index (χ0) is 18.9. The van der Waals surface area contributed by atoms with E-state index in [-0.39, 0.29) is 16.3 Å². The average Bonchev–Trinajstić information content (AvgIpc) is 2.60. The number of aliphatic hydroxyl groups is 2. The van der Waals surface area contributed by atoms with Crippen LogP contribution in [0.1, 0.15) is 11.7 Å². The Morgan fingerprint density at radius 3 is 2.27 bits per heavy atom. The van der Waals surface area contributed by atoms with Crippen molar-refractivity contribution in [3.05, 3.63) is 53.3 Å². The summed E-state index contributed by atoms with van der Waals surface area (Å²) in [6, 6.07) is 6.74. The third kappa shape index (κ3) is 3.72. The van der Waals surface area contributed by atoms with Gasteiger partial charge in [0.05, 0.1) is 17.6 Å². The lowest BCUT2D eigenvalue weighted by Crippen LogP contribution is -2.16. The lowest BCUT2D eigenvalue weighted by atomic mass is 9.98. The fourth-order valence-corrected chi connectivity index (χ4v) is 2.91. The number of rotatable bonds is 4. The molecule has 0 amide bonds. The first kappa shape index (κ1) is 18.4. The maximum atomic E-state index is 12.3. The van der Waals surface area contributed by atoms with Gasteiger partial charge in [-0.15, -0.1) is 13.2 Å². The van der Waals surface area contributed by atoms with Gasteiger partial charge >= 0.3 is 6.36 Å². The number of aliphatic hydroxyl groups excluding tert-OH is 2. The largest absolute Gasteiger partial charge is 0.573 e. The van der Waals surface area contributed by atoms with E-state index in [1.54, 1.807) is 0 Å². The van der Waals surface area contributed by atoms with Crippen LogP contribution in [-0.4, -0.2) is 33.2 Å². The zero-order valence-electron chi connectivity index (χ0n) is 13.0. The van der Waals surface area contributed by atoms with Crippen LogP contribution in [0.15, 0.2) is 42.7 Å². The minimum Gasteiger partial charge on any atom is -0.406 e. The molecular formula is C17H12ClF3N2O3. The number of nitrogens with zero attached hydrogens (tertiary/aromatic N) is 2. The summed E-state index contributed by atoms with van der Waals surface area (Å²) in [7, 11) is 0. The summed E-state index contributed by atoms with van der Waals surface area (Å²) < 4.78 is 40.7. The molecule has 0 aliphatic rings. The lowest BCUT2D eigenvalue weighted by Gasteiger charge is -2.15. The SMILES string of the molecule is OCC(O)c1c(Cl)cc(-c2ccc(OC(F)(F)F)cc2)c2nccnc12. The molecule has 1 aromatic heterocycles. The van der Waals surface area contributed by atoms with E-state index in [0.717, 1.165) is 0 Å². The molecule has 0 radical (unpaired) electrons. The van der Waals surface area contributed by atoms with E-state index in [9.17, 15) is 23.4 Å². The van der Waals surface area contributed by atoms with Gasteiger partial charge in [0.15, 0.2) is 0 Å². The molecule has 26 heavy (non-hydrogen) atoms. The second-order valence-corrected chi connectivity index (χ2v) is 5.75. The van der Waals surface area contributed by atoms with Gasteiger partial charge in [0, 0.05) is 28.5 Å². The highest BCUT2D eigenvalue weighted by atomic mass is 35.5. The maximum Gasteiger partial charge on any atom is 0.573 e. The van der Waals surface area contributed by atoms with Gasteiger partial charge in [0.1, 0.15) is 11.9 Å². The second kappa shape index (κ2) is 7.06. The molecule has 0 aliphatic carbocycles. The summed E-state index contributed by atoms with van der Waals surface area (Å²) in [6.45, 7) is -0.547. The van der Waals surface area contributed by atoms with Crippen molar-refractivity contribution in [3.8, 4) is 16.9 Å². The number of benzene rings is 2. The van der Waals surface area contributed by atoms with E-state index >= 15 is 0 Å². The van der Waals surface area contributed by atoms with Gasteiger partial charge in [0.2, 0.25) is 0 Å². The van der Waals surface area contributed by atoms with Gasteiger partial charge in [0.25, 0.3) is 0 Å². The van der Waals surface area contributed by atoms with Crippen molar-refractivity contribution in [2.45, 2.75) is 12.5 Å². The standard InChI is InChI=1S/C17H12ClF3N2O3/c18-12-7-11(9-1-3-10(4-2-9)26-17(19,20)21)15-16(23-6-5-22-15)14(12)13(25)8-24/h1-7,13,24-25H,8H2. The summed E-state index contributed by atoms with van der Waals surface area (Å²) in [5, 5.41) is 19.4. The van der Waals surface area contributed by atoms with E-state index in [0.29, 0.717) is 22.2 Å².